The molecule has 0 unspecified atom stereocenters. The van der Waals surface area contributed by atoms with Crippen LogP contribution in [-0.2, 0) is 4.74 Å². The van der Waals surface area contributed by atoms with Crippen LogP contribution in [0, 0.1) is 12.3 Å². The number of hydrogen-bond acceptors (Lipinski definition) is 3. The molecule has 0 fully saturated rings. The molecule has 1 aromatic carbocycles. The van der Waals surface area contributed by atoms with E-state index in [0.29, 0.717) is 6.61 Å². The van der Waals surface area contributed by atoms with Crippen LogP contribution in [0.25, 0.3) is 0 Å². The lowest BCUT2D eigenvalue weighted by Gasteiger charge is -2.10. The van der Waals surface area contributed by atoms with Gasteiger partial charge in [0.25, 0.3) is 0 Å². The summed E-state index contributed by atoms with van der Waals surface area (Å²) in [6, 6.07) is 5.67. The van der Waals surface area contributed by atoms with Crippen molar-refractivity contribution in [2.45, 2.75) is 6.92 Å². The SMILES string of the molecule is COCCNc1ccc(C(=N)N)cc1C. The van der Waals surface area contributed by atoms with Crippen molar-refractivity contribution in [1.82, 2.24) is 0 Å². The van der Waals surface area contributed by atoms with Gasteiger partial charge in [-0.25, -0.2) is 0 Å². The summed E-state index contributed by atoms with van der Waals surface area (Å²) in [7, 11) is 1.67. The summed E-state index contributed by atoms with van der Waals surface area (Å²) >= 11 is 0. The Morgan fingerprint density at radius 2 is 2.27 bits per heavy atom. The van der Waals surface area contributed by atoms with Gasteiger partial charge >= 0.3 is 0 Å². The summed E-state index contributed by atoms with van der Waals surface area (Å²) in [5.74, 6) is 0.0986. The predicted octanol–water partition coefficient (Wildman–Crippen LogP) is 1.34. The molecule has 0 saturated heterocycles. The summed E-state index contributed by atoms with van der Waals surface area (Å²) in [4.78, 5) is 0. The molecule has 0 aliphatic heterocycles. The number of hydrogen-bond donors (Lipinski definition) is 3. The van der Waals surface area contributed by atoms with Gasteiger partial charge in [0.15, 0.2) is 0 Å². The third-order valence-electron chi connectivity index (χ3n) is 2.16. The number of ether oxygens (including phenoxy) is 1. The van der Waals surface area contributed by atoms with Gasteiger partial charge in [0.2, 0.25) is 0 Å². The van der Waals surface area contributed by atoms with E-state index < -0.39 is 0 Å². The largest absolute Gasteiger partial charge is 0.384 e. The van der Waals surface area contributed by atoms with E-state index in [4.69, 9.17) is 15.9 Å². The number of aryl methyl sites for hydroxylation is 1. The van der Waals surface area contributed by atoms with Crippen LogP contribution in [0.5, 0.6) is 0 Å². The minimum absolute atomic E-state index is 0.0986. The van der Waals surface area contributed by atoms with Crippen LogP contribution in [0.1, 0.15) is 11.1 Å². The molecule has 0 saturated carbocycles. The van der Waals surface area contributed by atoms with Crippen molar-refractivity contribution in [2.75, 3.05) is 25.6 Å². The van der Waals surface area contributed by atoms with Crippen LogP contribution in [0.2, 0.25) is 0 Å². The molecule has 15 heavy (non-hydrogen) atoms. The third kappa shape index (κ3) is 3.25. The molecule has 0 aliphatic carbocycles. The van der Waals surface area contributed by atoms with Crippen molar-refractivity contribution in [3.05, 3.63) is 29.3 Å². The Balaban J connectivity index is 2.70. The molecule has 0 atom stereocenters. The highest BCUT2D eigenvalue weighted by Gasteiger charge is 2.01. The van der Waals surface area contributed by atoms with E-state index >= 15 is 0 Å². The number of methoxy groups -OCH3 is 1. The lowest BCUT2D eigenvalue weighted by Crippen LogP contribution is -2.12. The average Bonchev–Trinajstić information content (AvgIpc) is 2.20. The predicted molar refractivity (Wildman–Crippen MR) is 62.6 cm³/mol. The minimum Gasteiger partial charge on any atom is -0.384 e. The molecule has 1 rings (SSSR count). The summed E-state index contributed by atoms with van der Waals surface area (Å²) in [5.41, 5.74) is 8.29. The van der Waals surface area contributed by atoms with E-state index in [9.17, 15) is 0 Å². The average molecular weight is 207 g/mol. The molecule has 82 valence electrons. The highest BCUT2D eigenvalue weighted by atomic mass is 16.5. The number of amidine groups is 1. The zero-order valence-electron chi connectivity index (χ0n) is 9.13. The maximum absolute atomic E-state index is 7.31. The Kier molecular flexibility index (Phi) is 4.12. The standard InChI is InChI=1S/C11H17N3O/c1-8-7-9(11(12)13)3-4-10(8)14-5-6-15-2/h3-4,7,14H,5-6H2,1-2H3,(H3,12,13). The van der Waals surface area contributed by atoms with Gasteiger partial charge in [-0.1, -0.05) is 0 Å². The number of benzene rings is 1. The second-order valence-corrected chi connectivity index (χ2v) is 3.36. The van der Waals surface area contributed by atoms with Gasteiger partial charge in [0, 0.05) is 24.9 Å². The summed E-state index contributed by atoms with van der Waals surface area (Å²) in [6.45, 7) is 3.44. The molecule has 1 aromatic rings. The normalized spacial score (nSPS) is 10.0. The quantitative estimate of drug-likeness (QED) is 0.387. The van der Waals surface area contributed by atoms with Crippen LogP contribution in [0.3, 0.4) is 0 Å². The van der Waals surface area contributed by atoms with Gasteiger partial charge in [-0.05, 0) is 30.7 Å². The number of rotatable bonds is 5. The van der Waals surface area contributed by atoms with Crippen molar-refractivity contribution in [2.24, 2.45) is 5.73 Å². The zero-order valence-corrected chi connectivity index (χ0v) is 9.13. The number of nitrogen functional groups attached to an aromatic ring is 1. The molecule has 0 amide bonds. The van der Waals surface area contributed by atoms with Crippen molar-refractivity contribution < 1.29 is 4.74 Å². The Hall–Kier alpha value is -1.55. The maximum atomic E-state index is 7.31. The second-order valence-electron chi connectivity index (χ2n) is 3.36. The number of anilines is 1. The Morgan fingerprint density at radius 3 is 2.80 bits per heavy atom. The molecule has 0 heterocycles. The van der Waals surface area contributed by atoms with Crippen LogP contribution >= 0.6 is 0 Å². The molecular weight excluding hydrogens is 190 g/mol. The Labute approximate surface area is 89.9 Å². The number of nitrogens with two attached hydrogens (primary N) is 1. The first kappa shape index (κ1) is 11.5. The van der Waals surface area contributed by atoms with E-state index in [1.807, 2.05) is 25.1 Å². The van der Waals surface area contributed by atoms with E-state index in [1.165, 1.54) is 0 Å². The smallest absolute Gasteiger partial charge is 0.122 e. The van der Waals surface area contributed by atoms with Crippen LogP contribution in [0.4, 0.5) is 5.69 Å². The second kappa shape index (κ2) is 5.36. The third-order valence-corrected chi connectivity index (χ3v) is 2.16. The van der Waals surface area contributed by atoms with Crippen molar-refractivity contribution in [1.29, 1.82) is 5.41 Å². The fourth-order valence-electron chi connectivity index (χ4n) is 1.32. The van der Waals surface area contributed by atoms with Gasteiger partial charge in [0.1, 0.15) is 5.84 Å². The summed E-state index contributed by atoms with van der Waals surface area (Å²) < 4.78 is 4.95. The molecule has 0 aromatic heterocycles. The van der Waals surface area contributed by atoms with Gasteiger partial charge in [0.05, 0.1) is 6.61 Å². The number of nitrogens with one attached hydrogen (secondary N) is 2. The first-order chi connectivity index (χ1) is 7.15. The highest BCUT2D eigenvalue weighted by Crippen LogP contribution is 2.15. The van der Waals surface area contributed by atoms with E-state index in [1.54, 1.807) is 7.11 Å². The van der Waals surface area contributed by atoms with E-state index in [-0.39, 0.29) is 5.84 Å². The molecule has 0 radical (unpaired) electrons. The first-order valence-corrected chi connectivity index (χ1v) is 4.83. The van der Waals surface area contributed by atoms with Crippen molar-refractivity contribution in [3.8, 4) is 0 Å². The lowest BCUT2D eigenvalue weighted by molar-refractivity contribution is 0.211. The topological polar surface area (TPSA) is 71.1 Å². The van der Waals surface area contributed by atoms with Crippen LogP contribution in [0.15, 0.2) is 18.2 Å². The Morgan fingerprint density at radius 1 is 1.53 bits per heavy atom. The van der Waals surface area contributed by atoms with Crippen LogP contribution in [-0.4, -0.2) is 26.1 Å². The van der Waals surface area contributed by atoms with Crippen LogP contribution < -0.4 is 11.1 Å². The maximum Gasteiger partial charge on any atom is 0.122 e. The molecular formula is C11H17N3O. The zero-order chi connectivity index (χ0) is 11.3. The van der Waals surface area contributed by atoms with Gasteiger partial charge < -0.3 is 15.8 Å². The summed E-state index contributed by atoms with van der Waals surface area (Å²) in [6.07, 6.45) is 0. The summed E-state index contributed by atoms with van der Waals surface area (Å²) in [5, 5.41) is 10.6. The molecule has 4 nitrogen and oxygen atoms in total. The minimum atomic E-state index is 0.0986. The van der Waals surface area contributed by atoms with E-state index in [0.717, 1.165) is 23.4 Å². The molecule has 4 N–H and O–H groups in total. The first-order valence-electron chi connectivity index (χ1n) is 4.83. The fourth-order valence-corrected chi connectivity index (χ4v) is 1.32. The van der Waals surface area contributed by atoms with Crippen molar-refractivity contribution >= 4 is 11.5 Å². The molecule has 0 spiro atoms. The monoisotopic (exact) mass is 207 g/mol. The fraction of sp³-hybridized carbons (Fsp3) is 0.364. The van der Waals surface area contributed by atoms with E-state index in [2.05, 4.69) is 5.32 Å². The molecule has 4 heteroatoms. The molecule has 0 bridgehead atoms. The Bertz CT molecular complexity index is 350. The van der Waals surface area contributed by atoms with Gasteiger partial charge in [-0.3, -0.25) is 5.41 Å². The van der Waals surface area contributed by atoms with Gasteiger partial charge in [-0.15, -0.1) is 0 Å². The van der Waals surface area contributed by atoms with Gasteiger partial charge in [-0.2, -0.15) is 0 Å². The highest BCUT2D eigenvalue weighted by molar-refractivity contribution is 5.95. The van der Waals surface area contributed by atoms with Crippen molar-refractivity contribution in [3.63, 3.8) is 0 Å². The lowest BCUT2D eigenvalue weighted by atomic mass is 10.1. The molecule has 0 aliphatic rings.